The monoisotopic (exact) mass is 527 g/mol. The highest BCUT2D eigenvalue weighted by Gasteiger charge is 2.18. The van der Waals surface area contributed by atoms with E-state index >= 15 is 0 Å². The second-order valence-corrected chi connectivity index (χ2v) is 8.97. The van der Waals surface area contributed by atoms with Crippen molar-refractivity contribution < 1.29 is 28.8 Å². The van der Waals surface area contributed by atoms with E-state index in [1.165, 1.54) is 76.0 Å². The van der Waals surface area contributed by atoms with Crippen molar-refractivity contribution in [3.63, 3.8) is 0 Å². The molecule has 10 heteroatoms. The van der Waals surface area contributed by atoms with E-state index < -0.39 is 23.4 Å². The Morgan fingerprint density at radius 3 is 2.21 bits per heavy atom. The van der Waals surface area contributed by atoms with Crippen LogP contribution in [0, 0.1) is 10.1 Å². The molecule has 0 aliphatic rings. The Bertz CT molecular complexity index is 1090. The van der Waals surface area contributed by atoms with Gasteiger partial charge in [-0.15, -0.1) is 0 Å². The summed E-state index contributed by atoms with van der Waals surface area (Å²) in [5, 5.41) is 16.3. The van der Waals surface area contributed by atoms with Gasteiger partial charge in [-0.1, -0.05) is 64.4 Å². The van der Waals surface area contributed by atoms with E-state index in [0.29, 0.717) is 17.9 Å². The molecule has 0 aliphatic carbocycles. The van der Waals surface area contributed by atoms with Crippen LogP contribution >= 0.6 is 0 Å². The number of nitrogens with zero attached hydrogens (tertiary/aromatic N) is 1. The molecule has 0 heterocycles. The van der Waals surface area contributed by atoms with E-state index in [4.69, 9.17) is 9.47 Å². The summed E-state index contributed by atoms with van der Waals surface area (Å²) in [6, 6.07) is 10.2. The second-order valence-electron chi connectivity index (χ2n) is 8.97. The minimum atomic E-state index is -0.768. The number of esters is 1. The lowest BCUT2D eigenvalue weighted by molar-refractivity contribution is -0.383. The van der Waals surface area contributed by atoms with Crippen molar-refractivity contribution in [1.29, 1.82) is 0 Å². The number of nitro groups is 1. The van der Waals surface area contributed by atoms with Crippen LogP contribution in [-0.4, -0.2) is 36.4 Å². The number of nitro benzene ring substituents is 1. The van der Waals surface area contributed by atoms with Crippen LogP contribution in [0.25, 0.3) is 0 Å². The van der Waals surface area contributed by atoms with E-state index in [2.05, 4.69) is 17.6 Å². The number of nitrogens with one attached hydrogen (secondary N) is 2. The highest BCUT2D eigenvalue weighted by Crippen LogP contribution is 2.28. The highest BCUT2D eigenvalue weighted by atomic mass is 16.6. The third kappa shape index (κ3) is 11.0. The zero-order chi connectivity index (χ0) is 27.8. The molecule has 0 saturated carbocycles. The molecule has 2 amide bonds. The summed E-state index contributed by atoms with van der Waals surface area (Å²) in [4.78, 5) is 47.5. The summed E-state index contributed by atoms with van der Waals surface area (Å²) in [6.07, 6.45) is 10.9. The number of ether oxygens (including phenoxy) is 2. The molecule has 0 aliphatic heterocycles. The SMILES string of the molecule is CCCCCCCCCCCC(=O)Nc1cccc(C(=O)OCC(=O)Nc2cc(OC)ccc2[N+](=O)[O-])c1. The predicted molar refractivity (Wildman–Crippen MR) is 145 cm³/mol. The molecule has 0 unspecified atom stereocenters. The third-order valence-corrected chi connectivity index (χ3v) is 5.90. The Hall–Kier alpha value is -3.95. The van der Waals surface area contributed by atoms with Gasteiger partial charge in [0.05, 0.1) is 17.6 Å². The maximum atomic E-state index is 12.4. The summed E-state index contributed by atoms with van der Waals surface area (Å²) in [5.74, 6) is -1.33. The van der Waals surface area contributed by atoms with Crippen molar-refractivity contribution in [2.24, 2.45) is 0 Å². The number of methoxy groups -OCH3 is 1. The van der Waals surface area contributed by atoms with Crippen LogP contribution in [-0.2, 0) is 14.3 Å². The number of carbonyl (C=O) groups is 3. The zero-order valence-corrected chi connectivity index (χ0v) is 22.1. The maximum absolute atomic E-state index is 12.4. The number of benzene rings is 2. The Balaban J connectivity index is 1.77. The molecule has 0 aromatic heterocycles. The van der Waals surface area contributed by atoms with E-state index in [1.54, 1.807) is 12.1 Å². The number of amides is 2. The largest absolute Gasteiger partial charge is 0.497 e. The lowest BCUT2D eigenvalue weighted by Crippen LogP contribution is -2.21. The minimum Gasteiger partial charge on any atom is -0.497 e. The summed E-state index contributed by atoms with van der Waals surface area (Å²) in [5.41, 5.74) is 0.214. The third-order valence-electron chi connectivity index (χ3n) is 5.90. The highest BCUT2D eigenvalue weighted by molar-refractivity contribution is 5.98. The fourth-order valence-electron chi connectivity index (χ4n) is 3.85. The van der Waals surface area contributed by atoms with Crippen LogP contribution in [0.4, 0.5) is 17.1 Å². The smallest absolute Gasteiger partial charge is 0.338 e. The molecular formula is C28H37N3O7. The van der Waals surface area contributed by atoms with Gasteiger partial charge in [-0.2, -0.15) is 0 Å². The first kappa shape index (κ1) is 30.3. The molecule has 10 nitrogen and oxygen atoms in total. The first-order chi connectivity index (χ1) is 18.3. The first-order valence-corrected chi connectivity index (χ1v) is 13.0. The van der Waals surface area contributed by atoms with Crippen molar-refractivity contribution in [3.8, 4) is 5.75 Å². The molecule has 206 valence electrons. The van der Waals surface area contributed by atoms with Gasteiger partial charge < -0.3 is 20.1 Å². The lowest BCUT2D eigenvalue weighted by Gasteiger charge is -2.10. The number of carbonyl (C=O) groups excluding carboxylic acids is 3. The van der Waals surface area contributed by atoms with Gasteiger partial charge in [-0.3, -0.25) is 19.7 Å². The molecule has 0 spiro atoms. The van der Waals surface area contributed by atoms with E-state index in [-0.39, 0.29) is 22.8 Å². The normalized spacial score (nSPS) is 10.5. The van der Waals surface area contributed by atoms with Crippen molar-refractivity contribution in [1.82, 2.24) is 0 Å². The average molecular weight is 528 g/mol. The van der Waals surface area contributed by atoms with E-state index in [0.717, 1.165) is 19.3 Å². The quantitative estimate of drug-likeness (QED) is 0.107. The Kier molecular flexibility index (Phi) is 13.3. The Morgan fingerprint density at radius 2 is 1.55 bits per heavy atom. The van der Waals surface area contributed by atoms with Crippen molar-refractivity contribution in [3.05, 3.63) is 58.1 Å². The molecule has 2 rings (SSSR count). The van der Waals surface area contributed by atoms with Gasteiger partial charge in [-0.25, -0.2) is 4.79 Å². The van der Waals surface area contributed by atoms with E-state index in [1.807, 2.05) is 0 Å². The zero-order valence-electron chi connectivity index (χ0n) is 22.1. The number of hydrogen-bond donors (Lipinski definition) is 2. The maximum Gasteiger partial charge on any atom is 0.338 e. The van der Waals surface area contributed by atoms with Gasteiger partial charge in [0.15, 0.2) is 6.61 Å². The van der Waals surface area contributed by atoms with Crippen LogP contribution < -0.4 is 15.4 Å². The number of hydrogen-bond acceptors (Lipinski definition) is 7. The average Bonchev–Trinajstić information content (AvgIpc) is 2.90. The molecule has 2 N–H and O–H groups in total. The van der Waals surface area contributed by atoms with Crippen LogP contribution in [0.2, 0.25) is 0 Å². The number of unbranched alkanes of at least 4 members (excludes halogenated alkanes) is 8. The van der Waals surface area contributed by atoms with Gasteiger partial charge in [-0.05, 0) is 30.7 Å². The van der Waals surface area contributed by atoms with Gasteiger partial charge in [0.1, 0.15) is 11.4 Å². The van der Waals surface area contributed by atoms with Crippen molar-refractivity contribution in [2.45, 2.75) is 71.1 Å². The number of rotatable bonds is 17. The molecule has 0 fully saturated rings. The predicted octanol–water partition coefficient (Wildman–Crippen LogP) is 6.26. The first-order valence-electron chi connectivity index (χ1n) is 13.0. The van der Waals surface area contributed by atoms with Crippen molar-refractivity contribution >= 4 is 34.8 Å². The molecule has 2 aromatic carbocycles. The fourth-order valence-corrected chi connectivity index (χ4v) is 3.85. The molecule has 2 aromatic rings. The van der Waals surface area contributed by atoms with E-state index in [9.17, 15) is 24.5 Å². The lowest BCUT2D eigenvalue weighted by atomic mass is 10.1. The molecule has 0 saturated heterocycles. The topological polar surface area (TPSA) is 137 Å². The summed E-state index contributed by atoms with van der Waals surface area (Å²) >= 11 is 0. The van der Waals surface area contributed by atoms with Crippen LogP contribution in [0.5, 0.6) is 5.75 Å². The molecule has 0 atom stereocenters. The molecule has 38 heavy (non-hydrogen) atoms. The van der Waals surface area contributed by atoms with Crippen LogP contribution in [0.15, 0.2) is 42.5 Å². The molecule has 0 radical (unpaired) electrons. The standard InChI is InChI=1S/C28H37N3O7/c1-3-4-5-6-7-8-9-10-11-15-26(32)29-22-14-12-13-21(18-22)28(34)38-20-27(33)30-24-19-23(37-2)16-17-25(24)31(35)36/h12-14,16-19H,3-11,15,20H2,1-2H3,(H,29,32)(H,30,33). The summed E-state index contributed by atoms with van der Waals surface area (Å²) in [7, 11) is 1.39. The summed E-state index contributed by atoms with van der Waals surface area (Å²) in [6.45, 7) is 1.56. The van der Waals surface area contributed by atoms with Gasteiger partial charge in [0, 0.05) is 24.2 Å². The molecular weight excluding hydrogens is 490 g/mol. The van der Waals surface area contributed by atoms with Crippen LogP contribution in [0.1, 0.15) is 81.5 Å². The minimum absolute atomic E-state index is 0.0768. The Labute approximate surface area is 223 Å². The van der Waals surface area contributed by atoms with Crippen molar-refractivity contribution in [2.75, 3.05) is 24.4 Å². The van der Waals surface area contributed by atoms with Gasteiger partial charge in [0.25, 0.3) is 11.6 Å². The Morgan fingerprint density at radius 1 is 0.868 bits per heavy atom. The fraction of sp³-hybridized carbons (Fsp3) is 0.464. The van der Waals surface area contributed by atoms with Gasteiger partial charge >= 0.3 is 5.97 Å². The van der Waals surface area contributed by atoms with Crippen LogP contribution in [0.3, 0.4) is 0 Å². The molecule has 0 bridgehead atoms. The van der Waals surface area contributed by atoms with Gasteiger partial charge in [0.2, 0.25) is 5.91 Å². The second kappa shape index (κ2) is 16.7. The number of anilines is 2. The summed E-state index contributed by atoms with van der Waals surface area (Å²) < 4.78 is 10.1.